The van der Waals surface area contributed by atoms with E-state index in [1.807, 2.05) is 0 Å². The van der Waals surface area contributed by atoms with E-state index in [4.69, 9.17) is 0 Å². The number of anilines is 3. The highest BCUT2D eigenvalue weighted by Gasteiger charge is 2.47. The smallest absolute Gasteiger partial charge is 0.0714 e. The van der Waals surface area contributed by atoms with Crippen LogP contribution in [0.2, 0.25) is 0 Å². The molecule has 0 aliphatic heterocycles. The molecule has 0 spiro atoms. The first kappa shape index (κ1) is 31.7. The van der Waals surface area contributed by atoms with Gasteiger partial charge in [0.1, 0.15) is 0 Å². The molecule has 0 unspecified atom stereocenters. The quantitative estimate of drug-likeness (QED) is 0.161. The SMILES string of the molecule is c1ccc(-c2ccccc2-c2cccc(N(c3cccc4c3-c3ccccc3C4(c3ccccc3)c3ccccc3)c3cccc4ccccc34)c2)cc1. The highest BCUT2D eigenvalue weighted by molar-refractivity contribution is 6.04. The largest absolute Gasteiger partial charge is 0.309 e. The number of hydrogen-bond acceptors (Lipinski definition) is 1. The Morgan fingerprint density at radius 3 is 1.57 bits per heavy atom. The van der Waals surface area contributed by atoms with E-state index in [1.54, 1.807) is 0 Å². The minimum Gasteiger partial charge on any atom is -0.309 e. The summed E-state index contributed by atoms with van der Waals surface area (Å²) in [5.74, 6) is 0. The van der Waals surface area contributed by atoms with Gasteiger partial charge in [-0.15, -0.1) is 0 Å². The molecule has 0 atom stereocenters. The van der Waals surface area contributed by atoms with Crippen molar-refractivity contribution in [3.8, 4) is 33.4 Å². The second kappa shape index (κ2) is 13.2. The van der Waals surface area contributed by atoms with Crippen molar-refractivity contribution < 1.29 is 0 Å². The molecule has 0 fully saturated rings. The van der Waals surface area contributed by atoms with Crippen molar-refractivity contribution in [2.75, 3.05) is 4.90 Å². The summed E-state index contributed by atoms with van der Waals surface area (Å²) < 4.78 is 0. The van der Waals surface area contributed by atoms with E-state index < -0.39 is 5.41 Å². The summed E-state index contributed by atoms with van der Waals surface area (Å²) in [5, 5.41) is 2.41. The number of rotatable bonds is 7. The normalized spacial score (nSPS) is 12.6. The topological polar surface area (TPSA) is 3.24 Å². The Hall–Kier alpha value is -6.96. The van der Waals surface area contributed by atoms with E-state index >= 15 is 0 Å². The van der Waals surface area contributed by atoms with Crippen LogP contribution in [0.15, 0.2) is 224 Å². The van der Waals surface area contributed by atoms with Crippen molar-refractivity contribution in [3.05, 3.63) is 247 Å². The lowest BCUT2D eigenvalue weighted by atomic mass is 9.68. The van der Waals surface area contributed by atoms with Gasteiger partial charge in [0, 0.05) is 16.6 Å². The molecule has 0 radical (unpaired) electrons. The van der Waals surface area contributed by atoms with Gasteiger partial charge in [-0.1, -0.05) is 200 Å². The van der Waals surface area contributed by atoms with Gasteiger partial charge in [0.15, 0.2) is 0 Å². The van der Waals surface area contributed by atoms with E-state index in [1.165, 1.54) is 66.4 Å². The second-order valence-electron chi connectivity index (χ2n) is 14.0. The van der Waals surface area contributed by atoms with E-state index in [0.717, 1.165) is 17.1 Å². The average Bonchev–Trinajstić information content (AvgIpc) is 3.57. The molecular weight excluding hydrogens is 651 g/mol. The van der Waals surface area contributed by atoms with Crippen LogP contribution in [-0.4, -0.2) is 0 Å². The lowest BCUT2D eigenvalue weighted by molar-refractivity contribution is 0.768. The van der Waals surface area contributed by atoms with Gasteiger partial charge >= 0.3 is 0 Å². The first-order valence-electron chi connectivity index (χ1n) is 18.7. The molecule has 0 heterocycles. The second-order valence-corrected chi connectivity index (χ2v) is 14.0. The summed E-state index contributed by atoms with van der Waals surface area (Å²) in [5.41, 5.74) is 15.3. The average molecular weight is 688 g/mol. The van der Waals surface area contributed by atoms with Crippen molar-refractivity contribution in [2.24, 2.45) is 0 Å². The van der Waals surface area contributed by atoms with E-state index in [0.29, 0.717) is 0 Å². The van der Waals surface area contributed by atoms with Gasteiger partial charge in [0.2, 0.25) is 0 Å². The summed E-state index contributed by atoms with van der Waals surface area (Å²) in [7, 11) is 0. The molecule has 54 heavy (non-hydrogen) atoms. The summed E-state index contributed by atoms with van der Waals surface area (Å²) in [6, 6.07) is 82.0. The Morgan fingerprint density at radius 2 is 0.833 bits per heavy atom. The lowest BCUT2D eigenvalue weighted by Gasteiger charge is -2.34. The number of hydrogen-bond donors (Lipinski definition) is 0. The van der Waals surface area contributed by atoms with Crippen LogP contribution in [0, 0.1) is 0 Å². The molecular formula is C53H37N. The van der Waals surface area contributed by atoms with Crippen LogP contribution in [0.4, 0.5) is 17.1 Å². The summed E-state index contributed by atoms with van der Waals surface area (Å²) in [4.78, 5) is 2.50. The standard InChI is InChI=1S/C53H37N/c1-4-19-38(20-5-1)44-29-12-13-30-45(44)40-23-16-28-43(37-40)54(50-35-17-22-39-21-10-11-31-46(39)50)51-36-18-34-49-52(51)47-32-14-15-33-48(47)53(49,41-24-6-2-7-25-41)42-26-8-3-9-27-42/h1-37H. The maximum Gasteiger partial charge on any atom is 0.0714 e. The maximum absolute atomic E-state index is 2.50. The summed E-state index contributed by atoms with van der Waals surface area (Å²) in [6.07, 6.45) is 0. The molecule has 9 aromatic carbocycles. The number of benzene rings is 9. The Kier molecular flexibility index (Phi) is 7.78. The Labute approximate surface area is 317 Å². The van der Waals surface area contributed by atoms with Crippen molar-refractivity contribution in [1.82, 2.24) is 0 Å². The van der Waals surface area contributed by atoms with Crippen molar-refractivity contribution in [1.29, 1.82) is 0 Å². The van der Waals surface area contributed by atoms with Crippen LogP contribution < -0.4 is 4.90 Å². The maximum atomic E-state index is 2.50. The molecule has 0 saturated carbocycles. The van der Waals surface area contributed by atoms with Crippen LogP contribution >= 0.6 is 0 Å². The van der Waals surface area contributed by atoms with Crippen molar-refractivity contribution >= 4 is 27.8 Å². The van der Waals surface area contributed by atoms with Crippen LogP contribution in [-0.2, 0) is 5.41 Å². The fourth-order valence-electron chi connectivity index (χ4n) is 8.89. The van der Waals surface area contributed by atoms with Gasteiger partial charge in [0.25, 0.3) is 0 Å². The van der Waals surface area contributed by atoms with Crippen LogP contribution in [0.5, 0.6) is 0 Å². The van der Waals surface area contributed by atoms with Gasteiger partial charge in [0.05, 0.1) is 16.8 Å². The Balaban J connectivity index is 1.27. The lowest BCUT2D eigenvalue weighted by Crippen LogP contribution is -2.28. The van der Waals surface area contributed by atoms with Gasteiger partial charge in [-0.3, -0.25) is 0 Å². The number of nitrogens with zero attached hydrogens (tertiary/aromatic N) is 1. The zero-order chi connectivity index (χ0) is 35.9. The molecule has 0 aromatic heterocycles. The van der Waals surface area contributed by atoms with Gasteiger partial charge < -0.3 is 4.90 Å². The van der Waals surface area contributed by atoms with Crippen molar-refractivity contribution in [2.45, 2.75) is 5.41 Å². The minimum atomic E-state index is -0.495. The molecule has 1 nitrogen and oxygen atoms in total. The van der Waals surface area contributed by atoms with E-state index in [-0.39, 0.29) is 0 Å². The fraction of sp³-hybridized carbons (Fsp3) is 0.0189. The van der Waals surface area contributed by atoms with Crippen LogP contribution in [0.25, 0.3) is 44.2 Å². The summed E-state index contributed by atoms with van der Waals surface area (Å²) in [6.45, 7) is 0. The fourth-order valence-corrected chi connectivity index (χ4v) is 8.89. The molecule has 9 aromatic rings. The van der Waals surface area contributed by atoms with Gasteiger partial charge in [-0.05, 0) is 79.7 Å². The third kappa shape index (κ3) is 5.01. The highest BCUT2D eigenvalue weighted by atomic mass is 15.1. The molecule has 10 rings (SSSR count). The van der Waals surface area contributed by atoms with E-state index in [9.17, 15) is 0 Å². The zero-order valence-corrected chi connectivity index (χ0v) is 29.8. The van der Waals surface area contributed by atoms with Crippen molar-refractivity contribution in [3.63, 3.8) is 0 Å². The molecule has 254 valence electrons. The third-order valence-electron chi connectivity index (χ3n) is 11.1. The summed E-state index contributed by atoms with van der Waals surface area (Å²) >= 11 is 0. The third-order valence-corrected chi connectivity index (χ3v) is 11.1. The number of fused-ring (bicyclic) bond motifs is 4. The van der Waals surface area contributed by atoms with Crippen LogP contribution in [0.1, 0.15) is 22.3 Å². The van der Waals surface area contributed by atoms with Gasteiger partial charge in [-0.2, -0.15) is 0 Å². The zero-order valence-electron chi connectivity index (χ0n) is 29.8. The van der Waals surface area contributed by atoms with E-state index in [2.05, 4.69) is 229 Å². The molecule has 0 saturated heterocycles. The Morgan fingerprint density at radius 1 is 0.333 bits per heavy atom. The molecule has 0 N–H and O–H groups in total. The highest BCUT2D eigenvalue weighted by Crippen LogP contribution is 2.59. The first-order valence-corrected chi connectivity index (χ1v) is 18.7. The molecule has 1 aliphatic rings. The first-order chi connectivity index (χ1) is 26.8. The predicted molar refractivity (Wildman–Crippen MR) is 227 cm³/mol. The van der Waals surface area contributed by atoms with Gasteiger partial charge in [-0.25, -0.2) is 0 Å². The van der Waals surface area contributed by atoms with Crippen LogP contribution in [0.3, 0.4) is 0 Å². The predicted octanol–water partition coefficient (Wildman–Crippen LogP) is 14.0. The molecule has 0 bridgehead atoms. The monoisotopic (exact) mass is 687 g/mol. The molecule has 0 amide bonds. The minimum absolute atomic E-state index is 0.495. The molecule has 1 heteroatoms. The Bertz CT molecular complexity index is 2720. The molecule has 1 aliphatic carbocycles.